The number of carbonyl (C=O) groups is 1. The van der Waals surface area contributed by atoms with Gasteiger partial charge in [-0.3, -0.25) is 4.98 Å². The van der Waals surface area contributed by atoms with E-state index < -0.39 is 5.54 Å². The number of aromatic nitrogens is 1. The van der Waals surface area contributed by atoms with E-state index in [2.05, 4.69) is 31.1 Å². The highest BCUT2D eigenvalue weighted by molar-refractivity contribution is 5.76. The van der Waals surface area contributed by atoms with E-state index in [1.165, 1.54) is 0 Å². The second-order valence-electron chi connectivity index (χ2n) is 6.93. The average Bonchev–Trinajstić information content (AvgIpc) is 2.96. The lowest BCUT2D eigenvalue weighted by Crippen LogP contribution is -2.54. The summed E-state index contributed by atoms with van der Waals surface area (Å²) in [5, 5.41) is 13.1. The molecule has 2 atom stereocenters. The van der Waals surface area contributed by atoms with Crippen LogP contribution in [0, 0.1) is 5.92 Å². The number of aliphatic hydroxyl groups excluding tert-OH is 1. The van der Waals surface area contributed by atoms with Crippen LogP contribution in [0.3, 0.4) is 0 Å². The number of amides is 2. The van der Waals surface area contributed by atoms with Crippen molar-refractivity contribution in [3.63, 3.8) is 0 Å². The molecule has 1 aliphatic heterocycles. The first-order chi connectivity index (χ1) is 11.0. The van der Waals surface area contributed by atoms with Gasteiger partial charge in [-0.05, 0) is 49.3 Å². The van der Waals surface area contributed by atoms with Crippen LogP contribution in [0.4, 0.5) is 4.79 Å². The van der Waals surface area contributed by atoms with Crippen LogP contribution in [0.25, 0.3) is 0 Å². The molecule has 1 saturated heterocycles. The molecular formula is C18H29N3O2. The van der Waals surface area contributed by atoms with E-state index in [-0.39, 0.29) is 18.7 Å². The Labute approximate surface area is 139 Å². The van der Waals surface area contributed by atoms with Crippen LogP contribution in [-0.2, 0) is 0 Å². The van der Waals surface area contributed by atoms with E-state index >= 15 is 0 Å². The summed E-state index contributed by atoms with van der Waals surface area (Å²) in [6, 6.07) is 3.78. The van der Waals surface area contributed by atoms with Crippen LogP contribution in [0.1, 0.15) is 58.1 Å². The molecule has 5 nitrogen and oxygen atoms in total. The number of aliphatic hydroxyl groups is 1. The average molecular weight is 319 g/mol. The van der Waals surface area contributed by atoms with Gasteiger partial charge < -0.3 is 15.3 Å². The van der Waals surface area contributed by atoms with E-state index in [1.807, 2.05) is 17.0 Å². The number of nitrogens with zero attached hydrogens (tertiary/aromatic N) is 2. The first-order valence-electron chi connectivity index (χ1n) is 8.61. The van der Waals surface area contributed by atoms with Crippen molar-refractivity contribution in [2.75, 3.05) is 13.2 Å². The Kier molecular flexibility index (Phi) is 5.99. The lowest BCUT2D eigenvalue weighted by molar-refractivity contribution is 0.0664. The zero-order chi connectivity index (χ0) is 16.9. The summed E-state index contributed by atoms with van der Waals surface area (Å²) in [4.78, 5) is 18.7. The Morgan fingerprint density at radius 2 is 2.13 bits per heavy atom. The summed E-state index contributed by atoms with van der Waals surface area (Å²) in [5.74, 6) is 0.442. The SMILES string of the molecule is CC[C@@H](NC(=O)N1CCC[C@]1(CO)CC(C)C)c1ccncc1. The highest BCUT2D eigenvalue weighted by atomic mass is 16.3. The third-order valence-corrected chi connectivity index (χ3v) is 4.74. The molecule has 1 aliphatic rings. The molecule has 0 aromatic carbocycles. The van der Waals surface area contributed by atoms with Crippen molar-refractivity contribution >= 4 is 6.03 Å². The summed E-state index contributed by atoms with van der Waals surface area (Å²) in [6.07, 6.45) is 6.98. The number of urea groups is 1. The van der Waals surface area contributed by atoms with Crippen molar-refractivity contribution in [3.05, 3.63) is 30.1 Å². The normalized spacial score (nSPS) is 22.4. The summed E-state index contributed by atoms with van der Waals surface area (Å²) < 4.78 is 0. The van der Waals surface area contributed by atoms with Crippen LogP contribution in [0.5, 0.6) is 0 Å². The maximum absolute atomic E-state index is 12.8. The Morgan fingerprint density at radius 1 is 1.43 bits per heavy atom. The molecule has 5 heteroatoms. The third kappa shape index (κ3) is 4.02. The molecule has 23 heavy (non-hydrogen) atoms. The standard InChI is InChI=1S/C18H29N3O2/c1-4-16(15-6-9-19-10-7-15)20-17(23)21-11-5-8-18(21,13-22)12-14(2)3/h6-7,9-10,14,16,22H,4-5,8,11-13H2,1-3H3,(H,20,23)/t16-,18-/m1/s1. The quantitative estimate of drug-likeness (QED) is 0.846. The van der Waals surface area contributed by atoms with Gasteiger partial charge in [0, 0.05) is 18.9 Å². The van der Waals surface area contributed by atoms with Gasteiger partial charge in [0.2, 0.25) is 0 Å². The fourth-order valence-electron chi connectivity index (χ4n) is 3.70. The number of carbonyl (C=O) groups excluding carboxylic acids is 1. The monoisotopic (exact) mass is 319 g/mol. The molecular weight excluding hydrogens is 290 g/mol. The minimum Gasteiger partial charge on any atom is -0.394 e. The zero-order valence-corrected chi connectivity index (χ0v) is 14.5. The molecule has 2 heterocycles. The van der Waals surface area contributed by atoms with E-state index in [0.717, 1.165) is 31.2 Å². The Hall–Kier alpha value is -1.62. The van der Waals surface area contributed by atoms with E-state index in [9.17, 15) is 9.90 Å². The van der Waals surface area contributed by atoms with Gasteiger partial charge >= 0.3 is 6.03 Å². The molecule has 0 saturated carbocycles. The summed E-state index contributed by atoms with van der Waals surface area (Å²) in [5.41, 5.74) is 0.655. The molecule has 1 aromatic heterocycles. The van der Waals surface area contributed by atoms with Gasteiger partial charge in [-0.25, -0.2) is 4.79 Å². The fraction of sp³-hybridized carbons (Fsp3) is 0.667. The Morgan fingerprint density at radius 3 is 2.70 bits per heavy atom. The molecule has 1 fully saturated rings. The predicted octanol–water partition coefficient (Wildman–Crippen LogP) is 3.12. The molecule has 1 aromatic rings. The smallest absolute Gasteiger partial charge is 0.318 e. The van der Waals surface area contributed by atoms with Gasteiger partial charge in [-0.15, -0.1) is 0 Å². The molecule has 0 spiro atoms. The highest BCUT2D eigenvalue weighted by Crippen LogP contribution is 2.35. The second kappa shape index (κ2) is 7.77. The summed E-state index contributed by atoms with van der Waals surface area (Å²) >= 11 is 0. The van der Waals surface area contributed by atoms with Gasteiger partial charge in [0.05, 0.1) is 18.2 Å². The summed E-state index contributed by atoms with van der Waals surface area (Å²) in [6.45, 7) is 7.08. The highest BCUT2D eigenvalue weighted by Gasteiger charge is 2.43. The molecule has 2 N–H and O–H groups in total. The molecule has 2 rings (SSSR count). The molecule has 0 aliphatic carbocycles. The maximum atomic E-state index is 12.8. The largest absolute Gasteiger partial charge is 0.394 e. The number of likely N-dealkylation sites (tertiary alicyclic amines) is 1. The van der Waals surface area contributed by atoms with Crippen LogP contribution in [0.2, 0.25) is 0 Å². The van der Waals surface area contributed by atoms with E-state index in [0.29, 0.717) is 12.5 Å². The van der Waals surface area contributed by atoms with Gasteiger partial charge in [-0.1, -0.05) is 20.8 Å². The van der Waals surface area contributed by atoms with Crippen molar-refractivity contribution < 1.29 is 9.90 Å². The topological polar surface area (TPSA) is 65.5 Å². The molecule has 128 valence electrons. The van der Waals surface area contributed by atoms with Crippen molar-refractivity contribution in [1.29, 1.82) is 0 Å². The number of pyridine rings is 1. The van der Waals surface area contributed by atoms with Crippen LogP contribution >= 0.6 is 0 Å². The van der Waals surface area contributed by atoms with Gasteiger partial charge in [0.1, 0.15) is 0 Å². The first-order valence-corrected chi connectivity index (χ1v) is 8.61. The molecule has 0 unspecified atom stereocenters. The van der Waals surface area contributed by atoms with Gasteiger partial charge in [0.25, 0.3) is 0 Å². The third-order valence-electron chi connectivity index (χ3n) is 4.74. The Bertz CT molecular complexity index is 506. The van der Waals surface area contributed by atoms with E-state index in [1.54, 1.807) is 12.4 Å². The Balaban J connectivity index is 2.12. The van der Waals surface area contributed by atoms with Crippen molar-refractivity contribution in [1.82, 2.24) is 15.2 Å². The van der Waals surface area contributed by atoms with Crippen LogP contribution in [-0.4, -0.2) is 39.7 Å². The molecule has 0 bridgehead atoms. The van der Waals surface area contributed by atoms with E-state index in [4.69, 9.17) is 0 Å². The molecule has 0 radical (unpaired) electrons. The minimum atomic E-state index is -0.408. The maximum Gasteiger partial charge on any atom is 0.318 e. The van der Waals surface area contributed by atoms with Gasteiger partial charge in [0.15, 0.2) is 0 Å². The minimum absolute atomic E-state index is 0.0263. The number of rotatable bonds is 6. The number of hydrogen-bond donors (Lipinski definition) is 2. The number of nitrogens with one attached hydrogen (secondary N) is 1. The summed E-state index contributed by atoms with van der Waals surface area (Å²) in [7, 11) is 0. The van der Waals surface area contributed by atoms with Crippen molar-refractivity contribution in [3.8, 4) is 0 Å². The van der Waals surface area contributed by atoms with Crippen molar-refractivity contribution in [2.24, 2.45) is 5.92 Å². The lowest BCUT2D eigenvalue weighted by atomic mass is 9.87. The zero-order valence-electron chi connectivity index (χ0n) is 14.5. The molecule has 2 amide bonds. The predicted molar refractivity (Wildman–Crippen MR) is 91.0 cm³/mol. The van der Waals surface area contributed by atoms with Crippen molar-refractivity contribution in [2.45, 2.75) is 58.0 Å². The van der Waals surface area contributed by atoms with Crippen LogP contribution < -0.4 is 5.32 Å². The first kappa shape index (κ1) is 17.7. The second-order valence-corrected chi connectivity index (χ2v) is 6.93. The van der Waals surface area contributed by atoms with Crippen LogP contribution in [0.15, 0.2) is 24.5 Å². The fourth-order valence-corrected chi connectivity index (χ4v) is 3.70. The lowest BCUT2D eigenvalue weighted by Gasteiger charge is -2.39. The van der Waals surface area contributed by atoms with Gasteiger partial charge in [-0.2, -0.15) is 0 Å². The number of hydrogen-bond acceptors (Lipinski definition) is 3.